The first kappa shape index (κ1) is 22.0. The lowest BCUT2D eigenvalue weighted by atomic mass is 10.2. The molecule has 0 aliphatic heterocycles. The van der Waals surface area contributed by atoms with Gasteiger partial charge in [0.1, 0.15) is 0 Å². The molecule has 0 heterocycles. The van der Waals surface area contributed by atoms with E-state index in [9.17, 15) is 14.4 Å². The van der Waals surface area contributed by atoms with Gasteiger partial charge in [-0.1, -0.05) is 53.1 Å². The molecule has 6 nitrogen and oxygen atoms in total. The number of rotatable bonds is 6. The summed E-state index contributed by atoms with van der Waals surface area (Å²) in [6.07, 6.45) is 0. The molecule has 3 aromatic carbocycles. The minimum absolute atomic E-state index is 0.265. The summed E-state index contributed by atoms with van der Waals surface area (Å²) < 4.78 is 16.0. The molecule has 0 aliphatic carbocycles. The summed E-state index contributed by atoms with van der Waals surface area (Å²) in [7, 11) is -3.50. The van der Waals surface area contributed by atoms with Crippen LogP contribution >= 0.6 is 0 Å². The number of hydrogen-bond donors (Lipinski definition) is 0. The quantitative estimate of drug-likeness (QED) is 0.541. The molecule has 0 bridgehead atoms. The van der Waals surface area contributed by atoms with Crippen molar-refractivity contribution in [3.8, 4) is 0 Å². The SMILES string of the molecule is Cc1ccc(C(=O)O[SiH](OC(=O)c2ccc(C)cc2)OC(=O)c2ccc(C)cc2)cc1. The molecule has 0 amide bonds. The third kappa shape index (κ3) is 6.13. The van der Waals surface area contributed by atoms with Crippen molar-refractivity contribution >= 4 is 27.4 Å². The minimum Gasteiger partial charge on any atom is -0.454 e. The van der Waals surface area contributed by atoms with Gasteiger partial charge < -0.3 is 13.3 Å². The third-order valence-electron chi connectivity index (χ3n) is 4.47. The van der Waals surface area contributed by atoms with Gasteiger partial charge in [0.2, 0.25) is 0 Å². The van der Waals surface area contributed by atoms with Crippen LogP contribution < -0.4 is 0 Å². The minimum atomic E-state index is -3.50. The van der Waals surface area contributed by atoms with E-state index in [0.717, 1.165) is 16.7 Å². The molecular weight excluding hydrogens is 412 g/mol. The Hall–Kier alpha value is -3.71. The first-order chi connectivity index (χ1) is 14.8. The van der Waals surface area contributed by atoms with Crippen molar-refractivity contribution in [2.24, 2.45) is 0 Å². The van der Waals surface area contributed by atoms with Crippen molar-refractivity contribution in [1.82, 2.24) is 0 Å². The summed E-state index contributed by atoms with van der Waals surface area (Å²) in [6, 6.07) is 20.1. The lowest BCUT2D eigenvalue weighted by molar-refractivity contribution is 0.0410. The molecule has 31 heavy (non-hydrogen) atoms. The molecule has 0 unspecified atom stereocenters. The number of carbonyl (C=O) groups is 3. The average molecular weight is 435 g/mol. The summed E-state index contributed by atoms with van der Waals surface area (Å²) in [5.74, 6) is -2.19. The van der Waals surface area contributed by atoms with Crippen molar-refractivity contribution in [3.05, 3.63) is 106 Å². The summed E-state index contributed by atoms with van der Waals surface area (Å²) in [5, 5.41) is 0. The maximum Gasteiger partial charge on any atom is 0.689 e. The zero-order chi connectivity index (χ0) is 22.4. The van der Waals surface area contributed by atoms with Gasteiger partial charge in [0.25, 0.3) is 0 Å². The zero-order valence-corrected chi connectivity index (χ0v) is 18.6. The Morgan fingerprint density at radius 2 is 0.710 bits per heavy atom. The van der Waals surface area contributed by atoms with E-state index >= 15 is 0 Å². The highest BCUT2D eigenvalue weighted by Gasteiger charge is 2.31. The first-order valence-electron chi connectivity index (χ1n) is 9.65. The Labute approximate surface area is 182 Å². The molecule has 0 aromatic heterocycles. The molecular formula is C24H22O6Si. The van der Waals surface area contributed by atoms with Crippen LogP contribution in [0.5, 0.6) is 0 Å². The molecule has 158 valence electrons. The molecule has 0 fully saturated rings. The summed E-state index contributed by atoms with van der Waals surface area (Å²) in [5.41, 5.74) is 3.72. The summed E-state index contributed by atoms with van der Waals surface area (Å²) >= 11 is 0. The molecule has 0 aliphatic rings. The van der Waals surface area contributed by atoms with Crippen LogP contribution in [0.3, 0.4) is 0 Å². The zero-order valence-electron chi connectivity index (χ0n) is 17.5. The van der Waals surface area contributed by atoms with E-state index in [2.05, 4.69) is 0 Å². The standard InChI is InChI=1S/C24H22O6Si/c1-16-4-10-19(11-5-16)22(25)28-31(29-23(26)20-12-6-17(2)7-13-20)30-24(27)21-14-8-18(3)9-15-21/h4-15,31H,1-3H3. The predicted molar refractivity (Wildman–Crippen MR) is 117 cm³/mol. The fraction of sp³-hybridized carbons (Fsp3) is 0.125. The number of carbonyl (C=O) groups excluding carboxylic acids is 3. The van der Waals surface area contributed by atoms with Gasteiger partial charge >= 0.3 is 27.4 Å². The highest BCUT2D eigenvalue weighted by atomic mass is 28.3. The van der Waals surface area contributed by atoms with E-state index < -0.39 is 27.4 Å². The second kappa shape index (κ2) is 9.86. The second-order valence-corrected chi connectivity index (χ2v) is 8.39. The topological polar surface area (TPSA) is 78.9 Å². The molecule has 0 saturated heterocycles. The smallest absolute Gasteiger partial charge is 0.454 e. The van der Waals surface area contributed by atoms with Crippen LogP contribution in [0.2, 0.25) is 0 Å². The monoisotopic (exact) mass is 434 g/mol. The maximum atomic E-state index is 12.5. The predicted octanol–water partition coefficient (Wildman–Crippen LogP) is 4.20. The van der Waals surface area contributed by atoms with Crippen molar-refractivity contribution in [2.75, 3.05) is 0 Å². The van der Waals surface area contributed by atoms with Crippen LogP contribution in [0, 0.1) is 20.8 Å². The lowest BCUT2D eigenvalue weighted by Crippen LogP contribution is -2.35. The van der Waals surface area contributed by atoms with E-state index in [1.165, 1.54) is 0 Å². The van der Waals surface area contributed by atoms with E-state index in [0.29, 0.717) is 0 Å². The molecule has 7 heteroatoms. The van der Waals surface area contributed by atoms with Gasteiger partial charge in [-0.05, 0) is 57.2 Å². The number of benzene rings is 3. The average Bonchev–Trinajstić information content (AvgIpc) is 2.75. The Morgan fingerprint density at radius 3 is 0.935 bits per heavy atom. The first-order valence-corrected chi connectivity index (χ1v) is 11.1. The molecule has 0 N–H and O–H groups in total. The summed E-state index contributed by atoms with van der Waals surface area (Å²) in [6.45, 7) is 5.66. The van der Waals surface area contributed by atoms with Crippen molar-refractivity contribution < 1.29 is 27.7 Å². The fourth-order valence-corrected chi connectivity index (χ4v) is 3.68. The van der Waals surface area contributed by atoms with Crippen LogP contribution in [0.15, 0.2) is 72.8 Å². The van der Waals surface area contributed by atoms with Gasteiger partial charge in [0.15, 0.2) is 0 Å². The van der Waals surface area contributed by atoms with E-state index in [1.54, 1.807) is 72.8 Å². The molecule has 0 saturated carbocycles. The number of aryl methyl sites for hydroxylation is 3. The molecule has 0 radical (unpaired) electrons. The van der Waals surface area contributed by atoms with Crippen LogP contribution in [-0.2, 0) is 13.3 Å². The van der Waals surface area contributed by atoms with Crippen molar-refractivity contribution in [3.63, 3.8) is 0 Å². The Bertz CT molecular complexity index is 931. The van der Waals surface area contributed by atoms with Crippen LogP contribution in [-0.4, -0.2) is 27.4 Å². The lowest BCUT2D eigenvalue weighted by Gasteiger charge is -2.16. The molecule has 3 aromatic rings. The third-order valence-corrected chi connectivity index (χ3v) is 5.69. The highest BCUT2D eigenvalue weighted by molar-refractivity contribution is 6.45. The van der Waals surface area contributed by atoms with Crippen LogP contribution in [0.1, 0.15) is 47.8 Å². The molecule has 0 spiro atoms. The van der Waals surface area contributed by atoms with Gasteiger partial charge in [-0.25, -0.2) is 14.4 Å². The van der Waals surface area contributed by atoms with Crippen LogP contribution in [0.25, 0.3) is 0 Å². The molecule has 0 atom stereocenters. The van der Waals surface area contributed by atoms with Crippen molar-refractivity contribution in [2.45, 2.75) is 20.8 Å². The summed E-state index contributed by atoms with van der Waals surface area (Å²) in [4.78, 5) is 37.6. The van der Waals surface area contributed by atoms with E-state index in [-0.39, 0.29) is 16.7 Å². The van der Waals surface area contributed by atoms with Gasteiger partial charge in [-0.2, -0.15) is 0 Å². The number of hydrogen-bond acceptors (Lipinski definition) is 6. The van der Waals surface area contributed by atoms with Crippen LogP contribution in [0.4, 0.5) is 0 Å². The Kier molecular flexibility index (Phi) is 6.99. The highest BCUT2D eigenvalue weighted by Crippen LogP contribution is 2.12. The molecule has 3 rings (SSSR count). The van der Waals surface area contributed by atoms with Gasteiger partial charge in [-0.3, -0.25) is 0 Å². The largest absolute Gasteiger partial charge is 0.689 e. The normalized spacial score (nSPS) is 10.5. The fourth-order valence-electron chi connectivity index (χ4n) is 2.61. The Balaban J connectivity index is 1.78. The van der Waals surface area contributed by atoms with E-state index in [1.807, 2.05) is 20.8 Å². The van der Waals surface area contributed by atoms with E-state index in [4.69, 9.17) is 13.3 Å². The maximum absolute atomic E-state index is 12.5. The second-order valence-electron chi connectivity index (χ2n) is 7.10. The van der Waals surface area contributed by atoms with Crippen molar-refractivity contribution in [1.29, 1.82) is 0 Å². The van der Waals surface area contributed by atoms with Gasteiger partial charge in [0.05, 0.1) is 16.7 Å². The Morgan fingerprint density at radius 1 is 0.484 bits per heavy atom. The van der Waals surface area contributed by atoms with Gasteiger partial charge in [0, 0.05) is 0 Å². The van der Waals surface area contributed by atoms with Gasteiger partial charge in [-0.15, -0.1) is 0 Å².